The molecule has 1 amide bonds. The van der Waals surface area contributed by atoms with Crippen LogP contribution in [0.15, 0.2) is 0 Å². The van der Waals surface area contributed by atoms with Crippen LogP contribution in [-0.2, 0) is 14.4 Å². The minimum Gasteiger partial charge on any atom is -0.391 e. The summed E-state index contributed by atoms with van der Waals surface area (Å²) in [6.07, 6.45) is 1.70. The molecule has 7 heteroatoms. The largest absolute Gasteiger partial charge is 0.391 e. The standard InChI is InChI=1S/C12H23N3O4/c1-13-9(7-16)3-4-11(18)6-15-12(19)5-10(8-17)14-2/h7-11,13-14,18H,3-6H2,1-2H3,(H,15,19). The number of aliphatic hydroxyl groups excluding tert-OH is 1. The molecule has 0 aliphatic heterocycles. The molecule has 0 heterocycles. The molecule has 0 rings (SSSR count). The SMILES string of the molecule is CNC(C=O)CCC(O)CNC(=O)CC(C=O)NC. The molecule has 3 atom stereocenters. The molecule has 19 heavy (non-hydrogen) atoms. The van der Waals surface area contributed by atoms with Crippen molar-refractivity contribution in [2.24, 2.45) is 0 Å². The second-order valence-electron chi connectivity index (χ2n) is 4.30. The van der Waals surface area contributed by atoms with Crippen molar-refractivity contribution in [1.29, 1.82) is 0 Å². The first-order valence-electron chi connectivity index (χ1n) is 6.27. The number of amides is 1. The molecular weight excluding hydrogens is 250 g/mol. The lowest BCUT2D eigenvalue weighted by molar-refractivity contribution is -0.123. The van der Waals surface area contributed by atoms with Gasteiger partial charge in [0.15, 0.2) is 0 Å². The fourth-order valence-corrected chi connectivity index (χ4v) is 1.48. The molecule has 0 fully saturated rings. The van der Waals surface area contributed by atoms with Gasteiger partial charge in [0.2, 0.25) is 5.91 Å². The summed E-state index contributed by atoms with van der Waals surface area (Å²) in [7, 11) is 3.27. The lowest BCUT2D eigenvalue weighted by Crippen LogP contribution is -2.38. The van der Waals surface area contributed by atoms with Gasteiger partial charge in [-0.3, -0.25) is 4.79 Å². The molecule has 0 aliphatic carbocycles. The lowest BCUT2D eigenvalue weighted by atomic mass is 10.1. The highest BCUT2D eigenvalue weighted by Gasteiger charge is 2.13. The summed E-state index contributed by atoms with van der Waals surface area (Å²) in [5.41, 5.74) is 0. The van der Waals surface area contributed by atoms with E-state index in [1.165, 1.54) is 0 Å². The Hall–Kier alpha value is -1.31. The molecule has 0 saturated carbocycles. The number of hydrogen-bond acceptors (Lipinski definition) is 6. The first-order valence-corrected chi connectivity index (χ1v) is 6.27. The van der Waals surface area contributed by atoms with Crippen LogP contribution >= 0.6 is 0 Å². The van der Waals surface area contributed by atoms with E-state index in [9.17, 15) is 19.5 Å². The van der Waals surface area contributed by atoms with Gasteiger partial charge in [0.05, 0.1) is 18.2 Å². The topological polar surface area (TPSA) is 108 Å². The maximum Gasteiger partial charge on any atom is 0.222 e. The average Bonchev–Trinajstić information content (AvgIpc) is 2.43. The molecule has 0 bridgehead atoms. The Labute approximate surface area is 113 Å². The molecule has 110 valence electrons. The van der Waals surface area contributed by atoms with Gasteiger partial charge in [0, 0.05) is 13.0 Å². The van der Waals surface area contributed by atoms with E-state index in [-0.39, 0.29) is 24.9 Å². The predicted octanol–water partition coefficient (Wildman–Crippen LogP) is -1.79. The minimum absolute atomic E-state index is 0.0419. The summed E-state index contributed by atoms with van der Waals surface area (Å²) in [5.74, 6) is -0.300. The summed E-state index contributed by atoms with van der Waals surface area (Å²) in [6, 6.07) is -0.796. The predicted molar refractivity (Wildman–Crippen MR) is 70.7 cm³/mol. The number of hydrogen-bond donors (Lipinski definition) is 4. The van der Waals surface area contributed by atoms with E-state index in [4.69, 9.17) is 0 Å². The summed E-state index contributed by atoms with van der Waals surface area (Å²) in [4.78, 5) is 32.5. The smallest absolute Gasteiger partial charge is 0.222 e. The van der Waals surface area contributed by atoms with Crippen molar-refractivity contribution in [2.45, 2.75) is 37.5 Å². The van der Waals surface area contributed by atoms with Gasteiger partial charge in [-0.15, -0.1) is 0 Å². The van der Waals surface area contributed by atoms with Gasteiger partial charge in [0.1, 0.15) is 12.6 Å². The van der Waals surface area contributed by atoms with Crippen molar-refractivity contribution < 1.29 is 19.5 Å². The van der Waals surface area contributed by atoms with Crippen LogP contribution in [0.4, 0.5) is 0 Å². The normalized spacial score (nSPS) is 15.3. The van der Waals surface area contributed by atoms with Gasteiger partial charge in [-0.1, -0.05) is 0 Å². The van der Waals surface area contributed by atoms with Gasteiger partial charge in [-0.05, 0) is 26.9 Å². The Morgan fingerprint density at radius 1 is 1.11 bits per heavy atom. The number of rotatable bonds is 11. The number of nitrogens with one attached hydrogen (secondary N) is 3. The maximum absolute atomic E-state index is 11.4. The van der Waals surface area contributed by atoms with Crippen molar-refractivity contribution in [3.63, 3.8) is 0 Å². The van der Waals surface area contributed by atoms with E-state index in [0.717, 1.165) is 6.29 Å². The summed E-state index contributed by atoms with van der Waals surface area (Å²) >= 11 is 0. The number of aldehydes is 2. The van der Waals surface area contributed by atoms with Crippen molar-refractivity contribution in [2.75, 3.05) is 20.6 Å². The molecule has 0 saturated heterocycles. The van der Waals surface area contributed by atoms with Crippen LogP contribution in [-0.4, -0.2) is 62.4 Å². The van der Waals surface area contributed by atoms with Gasteiger partial charge in [-0.25, -0.2) is 0 Å². The van der Waals surface area contributed by atoms with Gasteiger partial charge >= 0.3 is 0 Å². The van der Waals surface area contributed by atoms with Crippen LogP contribution in [0.2, 0.25) is 0 Å². The molecule has 3 unspecified atom stereocenters. The molecule has 0 aliphatic rings. The highest BCUT2D eigenvalue weighted by atomic mass is 16.3. The second-order valence-corrected chi connectivity index (χ2v) is 4.30. The fraction of sp³-hybridized carbons (Fsp3) is 0.750. The maximum atomic E-state index is 11.4. The van der Waals surface area contributed by atoms with E-state index in [1.807, 2.05) is 0 Å². The average molecular weight is 273 g/mol. The molecule has 0 aromatic heterocycles. The van der Waals surface area contributed by atoms with E-state index in [1.54, 1.807) is 14.1 Å². The van der Waals surface area contributed by atoms with Crippen LogP contribution in [0.3, 0.4) is 0 Å². The van der Waals surface area contributed by atoms with Crippen LogP contribution in [0, 0.1) is 0 Å². The molecule has 4 N–H and O–H groups in total. The number of carbonyl (C=O) groups excluding carboxylic acids is 3. The quantitative estimate of drug-likeness (QED) is 0.331. The first kappa shape index (κ1) is 17.7. The number of carbonyl (C=O) groups is 3. The zero-order valence-electron chi connectivity index (χ0n) is 11.4. The number of aliphatic hydroxyl groups is 1. The third kappa shape index (κ3) is 8.41. The Bertz CT molecular complexity index is 286. The monoisotopic (exact) mass is 273 g/mol. The summed E-state index contributed by atoms with van der Waals surface area (Å²) in [6.45, 7) is 0.115. The van der Waals surface area contributed by atoms with Crippen LogP contribution < -0.4 is 16.0 Å². The molecule has 0 radical (unpaired) electrons. The Kier molecular flexibility index (Phi) is 9.87. The fourth-order valence-electron chi connectivity index (χ4n) is 1.48. The van der Waals surface area contributed by atoms with Crippen molar-refractivity contribution in [3.05, 3.63) is 0 Å². The lowest BCUT2D eigenvalue weighted by Gasteiger charge is -2.15. The van der Waals surface area contributed by atoms with Crippen molar-refractivity contribution in [1.82, 2.24) is 16.0 Å². The molecule has 0 aromatic rings. The van der Waals surface area contributed by atoms with Crippen LogP contribution in [0.1, 0.15) is 19.3 Å². The minimum atomic E-state index is -0.705. The Balaban J connectivity index is 3.83. The molecule has 7 nitrogen and oxygen atoms in total. The zero-order chi connectivity index (χ0) is 14.7. The van der Waals surface area contributed by atoms with Crippen LogP contribution in [0.25, 0.3) is 0 Å². The first-order chi connectivity index (χ1) is 9.07. The van der Waals surface area contributed by atoms with E-state index >= 15 is 0 Å². The third-order valence-electron chi connectivity index (χ3n) is 2.82. The zero-order valence-corrected chi connectivity index (χ0v) is 11.4. The van der Waals surface area contributed by atoms with Crippen LogP contribution in [0.5, 0.6) is 0 Å². The molecule has 0 spiro atoms. The highest BCUT2D eigenvalue weighted by molar-refractivity contribution is 5.80. The van der Waals surface area contributed by atoms with Crippen molar-refractivity contribution in [3.8, 4) is 0 Å². The van der Waals surface area contributed by atoms with Gasteiger partial charge < -0.3 is 30.6 Å². The Morgan fingerprint density at radius 3 is 2.16 bits per heavy atom. The summed E-state index contributed by atoms with van der Waals surface area (Å²) < 4.78 is 0. The second kappa shape index (κ2) is 10.6. The summed E-state index contributed by atoms with van der Waals surface area (Å²) in [5, 5.41) is 17.7. The molecular formula is C12H23N3O4. The van der Waals surface area contributed by atoms with E-state index in [0.29, 0.717) is 19.1 Å². The van der Waals surface area contributed by atoms with Crippen molar-refractivity contribution >= 4 is 18.5 Å². The third-order valence-corrected chi connectivity index (χ3v) is 2.82. The molecule has 0 aromatic carbocycles. The highest BCUT2D eigenvalue weighted by Crippen LogP contribution is 1.99. The van der Waals surface area contributed by atoms with E-state index < -0.39 is 12.1 Å². The van der Waals surface area contributed by atoms with E-state index in [2.05, 4.69) is 16.0 Å². The Morgan fingerprint density at radius 2 is 1.68 bits per heavy atom. The van der Waals surface area contributed by atoms with Gasteiger partial charge in [0.25, 0.3) is 0 Å². The van der Waals surface area contributed by atoms with Gasteiger partial charge in [-0.2, -0.15) is 0 Å². The number of likely N-dealkylation sites (N-methyl/N-ethyl adjacent to an activating group) is 2.